The van der Waals surface area contributed by atoms with E-state index in [4.69, 9.17) is 5.73 Å². The van der Waals surface area contributed by atoms with Crippen molar-refractivity contribution in [2.75, 3.05) is 29.0 Å². The third kappa shape index (κ3) is 3.55. The van der Waals surface area contributed by atoms with Gasteiger partial charge in [-0.15, -0.1) is 0 Å². The van der Waals surface area contributed by atoms with E-state index in [0.717, 1.165) is 31.5 Å². The summed E-state index contributed by atoms with van der Waals surface area (Å²) in [7, 11) is 0. The molecule has 27 heavy (non-hydrogen) atoms. The summed E-state index contributed by atoms with van der Waals surface area (Å²) in [5.41, 5.74) is 7.67. The fraction of sp³-hybridized carbons (Fsp3) is 0.368. The summed E-state index contributed by atoms with van der Waals surface area (Å²) in [5.74, 6) is -0.0752. The maximum Gasteiger partial charge on any atom is 0.229 e. The molecule has 8 heteroatoms. The molecule has 1 unspecified atom stereocenters. The van der Waals surface area contributed by atoms with Crippen LogP contribution in [0, 0.1) is 0 Å². The quantitative estimate of drug-likeness (QED) is 0.754. The van der Waals surface area contributed by atoms with Gasteiger partial charge < -0.3 is 21.3 Å². The summed E-state index contributed by atoms with van der Waals surface area (Å²) >= 11 is 0. The van der Waals surface area contributed by atoms with Gasteiger partial charge in [-0.05, 0) is 18.4 Å². The van der Waals surface area contributed by atoms with Crippen LogP contribution >= 0.6 is 0 Å². The first kappa shape index (κ1) is 17.3. The van der Waals surface area contributed by atoms with Crippen molar-refractivity contribution in [1.29, 1.82) is 0 Å². The molecule has 0 saturated carbocycles. The molecule has 1 aromatic heterocycles. The molecule has 3 heterocycles. The fourth-order valence-electron chi connectivity index (χ4n) is 3.57. The van der Waals surface area contributed by atoms with E-state index >= 15 is 0 Å². The van der Waals surface area contributed by atoms with Gasteiger partial charge in [-0.1, -0.05) is 30.3 Å². The molecule has 1 saturated heterocycles. The zero-order chi connectivity index (χ0) is 18.8. The van der Waals surface area contributed by atoms with Crippen LogP contribution in [0.2, 0.25) is 0 Å². The van der Waals surface area contributed by atoms with Crippen LogP contribution < -0.4 is 21.3 Å². The van der Waals surface area contributed by atoms with Crippen molar-refractivity contribution >= 4 is 29.4 Å². The molecule has 4 rings (SSSR count). The van der Waals surface area contributed by atoms with Gasteiger partial charge in [0.1, 0.15) is 11.6 Å². The van der Waals surface area contributed by atoms with E-state index in [2.05, 4.69) is 20.6 Å². The molecule has 2 aliphatic heterocycles. The Kier molecular flexibility index (Phi) is 4.62. The van der Waals surface area contributed by atoms with Crippen LogP contribution in [0.4, 0.5) is 17.6 Å². The van der Waals surface area contributed by atoms with Gasteiger partial charge in [0, 0.05) is 26.1 Å². The predicted molar refractivity (Wildman–Crippen MR) is 102 cm³/mol. The molecule has 0 aliphatic carbocycles. The van der Waals surface area contributed by atoms with Crippen molar-refractivity contribution in [2.45, 2.75) is 31.7 Å². The number of hydrogen-bond acceptors (Lipinski definition) is 6. The Labute approximate surface area is 157 Å². The van der Waals surface area contributed by atoms with Gasteiger partial charge in [-0.2, -0.15) is 9.97 Å². The Morgan fingerprint density at radius 1 is 1.22 bits per heavy atom. The van der Waals surface area contributed by atoms with Crippen molar-refractivity contribution in [1.82, 2.24) is 15.3 Å². The summed E-state index contributed by atoms with van der Waals surface area (Å²) in [6, 6.07) is 9.61. The molecular formula is C19H22N6O2. The van der Waals surface area contributed by atoms with Crippen LogP contribution in [0.15, 0.2) is 30.3 Å². The monoisotopic (exact) mass is 366 g/mol. The van der Waals surface area contributed by atoms with Crippen molar-refractivity contribution in [3.8, 4) is 0 Å². The van der Waals surface area contributed by atoms with Crippen LogP contribution in [0.3, 0.4) is 0 Å². The summed E-state index contributed by atoms with van der Waals surface area (Å²) in [5, 5.41) is 5.63. The second kappa shape index (κ2) is 7.22. The average Bonchev–Trinajstić information content (AvgIpc) is 3.20. The van der Waals surface area contributed by atoms with Gasteiger partial charge in [0.05, 0.1) is 11.5 Å². The van der Waals surface area contributed by atoms with E-state index in [9.17, 15) is 9.59 Å². The molecule has 2 amide bonds. The number of anilines is 3. The molecule has 0 spiro atoms. The van der Waals surface area contributed by atoms with Gasteiger partial charge in [0.2, 0.25) is 17.8 Å². The predicted octanol–water partition coefficient (Wildman–Crippen LogP) is 1.40. The molecule has 1 aromatic carbocycles. The smallest absolute Gasteiger partial charge is 0.229 e. The number of aromatic nitrogens is 2. The number of carbonyl (C=O) groups excluding carboxylic acids is 2. The number of nitrogen functional groups attached to an aromatic ring is 1. The molecule has 0 bridgehead atoms. The molecule has 4 N–H and O–H groups in total. The van der Waals surface area contributed by atoms with Crippen LogP contribution in [0.1, 0.15) is 36.3 Å². The lowest BCUT2D eigenvalue weighted by Crippen LogP contribution is -2.36. The number of benzene rings is 1. The first-order valence-corrected chi connectivity index (χ1v) is 9.15. The minimum absolute atomic E-state index is 0.0320. The van der Waals surface area contributed by atoms with E-state index in [0.29, 0.717) is 23.9 Å². The zero-order valence-corrected chi connectivity index (χ0v) is 14.9. The lowest BCUT2D eigenvalue weighted by Gasteiger charge is -2.26. The molecular weight excluding hydrogens is 344 g/mol. The van der Waals surface area contributed by atoms with E-state index in [-0.39, 0.29) is 24.1 Å². The number of nitrogens with zero attached hydrogens (tertiary/aromatic N) is 3. The Morgan fingerprint density at radius 3 is 2.70 bits per heavy atom. The lowest BCUT2D eigenvalue weighted by molar-refractivity contribution is -0.126. The average molecular weight is 366 g/mol. The molecule has 8 nitrogen and oxygen atoms in total. The highest BCUT2D eigenvalue weighted by molar-refractivity contribution is 6.01. The third-order valence-corrected chi connectivity index (χ3v) is 4.97. The van der Waals surface area contributed by atoms with Crippen LogP contribution in [-0.2, 0) is 16.1 Å². The second-order valence-corrected chi connectivity index (χ2v) is 6.87. The Morgan fingerprint density at radius 2 is 1.96 bits per heavy atom. The van der Waals surface area contributed by atoms with E-state index in [1.54, 1.807) is 0 Å². The molecule has 0 radical (unpaired) electrons. The summed E-state index contributed by atoms with van der Waals surface area (Å²) in [6.45, 7) is 2.13. The van der Waals surface area contributed by atoms with E-state index in [1.165, 1.54) is 0 Å². The first-order chi connectivity index (χ1) is 13.1. The van der Waals surface area contributed by atoms with Crippen molar-refractivity contribution < 1.29 is 9.59 Å². The second-order valence-electron chi connectivity index (χ2n) is 6.87. The maximum absolute atomic E-state index is 12.8. The normalized spacial score (nSPS) is 18.7. The number of fused-ring (bicyclic) bond motifs is 1. The fourth-order valence-corrected chi connectivity index (χ4v) is 3.57. The van der Waals surface area contributed by atoms with Crippen LogP contribution in [-0.4, -0.2) is 34.9 Å². The van der Waals surface area contributed by atoms with Gasteiger partial charge in [0.15, 0.2) is 0 Å². The summed E-state index contributed by atoms with van der Waals surface area (Å²) in [6.07, 6.45) is 2.19. The van der Waals surface area contributed by atoms with Crippen LogP contribution in [0.5, 0.6) is 0 Å². The summed E-state index contributed by atoms with van der Waals surface area (Å²) < 4.78 is 0. The molecule has 2 aliphatic rings. The minimum Gasteiger partial charge on any atom is -0.383 e. The number of carbonyl (C=O) groups is 2. The van der Waals surface area contributed by atoms with E-state index < -0.39 is 5.92 Å². The molecule has 1 fully saturated rings. The standard InChI is InChI=1S/C19H22N6O2/c20-16-15-13(18(27)21-11-12-6-2-1-3-7-12)10-14(26)22-17(15)24-19(23-16)25-8-4-5-9-25/h1-3,6-7,13H,4-5,8-11H2,(H,21,27)(H3,20,22,23,24,26). The van der Waals surface area contributed by atoms with Crippen LogP contribution in [0.25, 0.3) is 0 Å². The molecule has 140 valence electrons. The summed E-state index contributed by atoms with van der Waals surface area (Å²) in [4.78, 5) is 35.8. The number of nitrogens with one attached hydrogen (secondary N) is 2. The zero-order valence-electron chi connectivity index (χ0n) is 14.9. The highest BCUT2D eigenvalue weighted by Gasteiger charge is 2.35. The first-order valence-electron chi connectivity index (χ1n) is 9.15. The SMILES string of the molecule is Nc1nc(N2CCCC2)nc2c1C(C(=O)NCc1ccccc1)CC(=O)N2. The number of hydrogen-bond donors (Lipinski definition) is 3. The Hall–Kier alpha value is -3.16. The number of nitrogens with two attached hydrogens (primary N) is 1. The third-order valence-electron chi connectivity index (χ3n) is 4.97. The topological polar surface area (TPSA) is 113 Å². The maximum atomic E-state index is 12.8. The van der Waals surface area contributed by atoms with Crippen molar-refractivity contribution in [3.63, 3.8) is 0 Å². The molecule has 1 atom stereocenters. The van der Waals surface area contributed by atoms with Gasteiger partial charge in [-0.25, -0.2) is 0 Å². The van der Waals surface area contributed by atoms with Gasteiger partial charge in [0.25, 0.3) is 0 Å². The van der Waals surface area contributed by atoms with E-state index in [1.807, 2.05) is 35.2 Å². The Bertz CT molecular complexity index is 864. The Balaban J connectivity index is 1.58. The lowest BCUT2D eigenvalue weighted by atomic mass is 9.92. The largest absolute Gasteiger partial charge is 0.383 e. The van der Waals surface area contributed by atoms with Crippen molar-refractivity contribution in [2.24, 2.45) is 0 Å². The van der Waals surface area contributed by atoms with Gasteiger partial charge in [-0.3, -0.25) is 9.59 Å². The van der Waals surface area contributed by atoms with Crippen molar-refractivity contribution in [3.05, 3.63) is 41.5 Å². The number of amides is 2. The minimum atomic E-state index is -0.690. The van der Waals surface area contributed by atoms with Gasteiger partial charge >= 0.3 is 0 Å². The molecule has 2 aromatic rings. The highest BCUT2D eigenvalue weighted by Crippen LogP contribution is 2.36. The number of rotatable bonds is 4. The highest BCUT2D eigenvalue weighted by atomic mass is 16.2.